The summed E-state index contributed by atoms with van der Waals surface area (Å²) in [4.78, 5) is 36.8. The van der Waals surface area contributed by atoms with E-state index in [4.69, 9.17) is 0 Å². The van der Waals surface area contributed by atoms with E-state index in [1.807, 2.05) is 10.9 Å². The molecule has 1 saturated carbocycles. The molecular formula is C19H21N5O3. The Labute approximate surface area is 156 Å². The summed E-state index contributed by atoms with van der Waals surface area (Å²) in [7, 11) is 0. The molecule has 4 rings (SSSR count). The minimum Gasteiger partial charge on any atom is -0.329 e. The quantitative estimate of drug-likeness (QED) is 0.765. The maximum atomic E-state index is 12.4. The van der Waals surface area contributed by atoms with Gasteiger partial charge in [-0.3, -0.25) is 19.2 Å². The number of rotatable bonds is 6. The molecule has 1 aliphatic heterocycles. The molecule has 140 valence electrons. The van der Waals surface area contributed by atoms with Crippen LogP contribution >= 0.6 is 0 Å². The van der Waals surface area contributed by atoms with Gasteiger partial charge in [0, 0.05) is 11.8 Å². The van der Waals surface area contributed by atoms with Crippen molar-refractivity contribution in [3.63, 3.8) is 0 Å². The van der Waals surface area contributed by atoms with Crippen molar-refractivity contribution in [2.75, 3.05) is 11.9 Å². The number of hydrogen-bond acceptors (Lipinski definition) is 4. The first-order valence-corrected chi connectivity index (χ1v) is 9.04. The molecule has 27 heavy (non-hydrogen) atoms. The van der Waals surface area contributed by atoms with Crippen LogP contribution in [0.1, 0.15) is 41.7 Å². The first-order chi connectivity index (χ1) is 13.0. The zero-order valence-corrected chi connectivity index (χ0v) is 15.0. The highest BCUT2D eigenvalue weighted by molar-refractivity contribution is 6.04. The SMILES string of the molecule is CC(C1CC1)n1cc(NC(=O)c2ccc(CN3C(=O)CNC3=O)cc2)cn1. The lowest BCUT2D eigenvalue weighted by Gasteiger charge is -2.12. The van der Waals surface area contributed by atoms with E-state index in [9.17, 15) is 14.4 Å². The molecule has 1 atom stereocenters. The third-order valence-corrected chi connectivity index (χ3v) is 5.07. The largest absolute Gasteiger partial charge is 0.329 e. The second-order valence-corrected chi connectivity index (χ2v) is 7.08. The van der Waals surface area contributed by atoms with E-state index < -0.39 is 0 Å². The number of imide groups is 1. The predicted molar refractivity (Wildman–Crippen MR) is 98.0 cm³/mol. The van der Waals surface area contributed by atoms with Gasteiger partial charge in [-0.05, 0) is 43.4 Å². The first-order valence-electron chi connectivity index (χ1n) is 9.04. The maximum absolute atomic E-state index is 12.4. The van der Waals surface area contributed by atoms with Gasteiger partial charge in [-0.2, -0.15) is 5.10 Å². The van der Waals surface area contributed by atoms with Gasteiger partial charge < -0.3 is 10.6 Å². The van der Waals surface area contributed by atoms with Crippen molar-refractivity contribution in [3.8, 4) is 0 Å². The van der Waals surface area contributed by atoms with Crippen LogP contribution in [0.2, 0.25) is 0 Å². The van der Waals surface area contributed by atoms with E-state index in [1.165, 1.54) is 12.8 Å². The number of amides is 4. The van der Waals surface area contributed by atoms with E-state index in [-0.39, 0.29) is 30.9 Å². The fraction of sp³-hybridized carbons (Fsp3) is 0.368. The lowest BCUT2D eigenvalue weighted by Crippen LogP contribution is -2.30. The molecule has 1 unspecified atom stereocenters. The molecule has 1 aromatic carbocycles. The molecule has 8 heteroatoms. The van der Waals surface area contributed by atoms with Crippen molar-refractivity contribution in [3.05, 3.63) is 47.8 Å². The van der Waals surface area contributed by atoms with Crippen LogP contribution in [0.3, 0.4) is 0 Å². The maximum Gasteiger partial charge on any atom is 0.324 e. The average molecular weight is 367 g/mol. The number of carbonyl (C=O) groups excluding carboxylic acids is 3. The van der Waals surface area contributed by atoms with Crippen molar-refractivity contribution in [2.24, 2.45) is 5.92 Å². The summed E-state index contributed by atoms with van der Waals surface area (Å²) in [5.74, 6) is 0.208. The van der Waals surface area contributed by atoms with Gasteiger partial charge in [-0.15, -0.1) is 0 Å². The molecule has 0 radical (unpaired) electrons. The molecule has 2 aromatic rings. The Bertz CT molecular complexity index is 869. The minimum absolute atomic E-state index is 0.0341. The topological polar surface area (TPSA) is 96.3 Å². The second kappa shape index (κ2) is 6.86. The number of nitrogens with one attached hydrogen (secondary N) is 2. The lowest BCUT2D eigenvalue weighted by molar-refractivity contribution is -0.125. The summed E-state index contributed by atoms with van der Waals surface area (Å²) < 4.78 is 1.90. The van der Waals surface area contributed by atoms with Gasteiger partial charge in [-0.25, -0.2) is 4.79 Å². The molecule has 2 heterocycles. The van der Waals surface area contributed by atoms with Crippen molar-refractivity contribution in [2.45, 2.75) is 32.4 Å². The molecule has 0 spiro atoms. The van der Waals surface area contributed by atoms with Crippen molar-refractivity contribution in [1.82, 2.24) is 20.0 Å². The summed E-state index contributed by atoms with van der Waals surface area (Å²) in [6, 6.07) is 6.80. The van der Waals surface area contributed by atoms with E-state index in [1.54, 1.807) is 30.5 Å². The van der Waals surface area contributed by atoms with Gasteiger partial charge in [-0.1, -0.05) is 12.1 Å². The third kappa shape index (κ3) is 3.69. The third-order valence-electron chi connectivity index (χ3n) is 5.07. The van der Waals surface area contributed by atoms with E-state index in [0.29, 0.717) is 23.2 Å². The van der Waals surface area contributed by atoms with Crippen LogP contribution in [0, 0.1) is 5.92 Å². The Morgan fingerprint density at radius 2 is 2.04 bits per heavy atom. The molecule has 1 aromatic heterocycles. The Morgan fingerprint density at radius 3 is 2.67 bits per heavy atom. The second-order valence-electron chi connectivity index (χ2n) is 7.08. The van der Waals surface area contributed by atoms with Gasteiger partial charge >= 0.3 is 6.03 Å². The number of anilines is 1. The number of hydrogen-bond donors (Lipinski definition) is 2. The summed E-state index contributed by atoms with van der Waals surface area (Å²) in [5.41, 5.74) is 1.94. The van der Waals surface area contributed by atoms with E-state index in [0.717, 1.165) is 10.5 Å². The lowest BCUT2D eigenvalue weighted by atomic mass is 10.1. The molecule has 4 amide bonds. The summed E-state index contributed by atoms with van der Waals surface area (Å²) >= 11 is 0. The smallest absolute Gasteiger partial charge is 0.324 e. The van der Waals surface area contributed by atoms with Crippen LogP contribution in [0.15, 0.2) is 36.7 Å². The fourth-order valence-corrected chi connectivity index (χ4v) is 3.18. The van der Waals surface area contributed by atoms with Gasteiger partial charge in [0.15, 0.2) is 0 Å². The van der Waals surface area contributed by atoms with Crippen LogP contribution in [0.25, 0.3) is 0 Å². The van der Waals surface area contributed by atoms with Gasteiger partial charge in [0.25, 0.3) is 5.91 Å². The zero-order chi connectivity index (χ0) is 19.0. The molecule has 2 N–H and O–H groups in total. The normalized spacial score (nSPS) is 17.7. The molecule has 2 fully saturated rings. The van der Waals surface area contributed by atoms with Crippen LogP contribution in [0.5, 0.6) is 0 Å². The van der Waals surface area contributed by atoms with Crippen LogP contribution in [-0.4, -0.2) is 39.1 Å². The van der Waals surface area contributed by atoms with Crippen molar-refractivity contribution < 1.29 is 14.4 Å². The first kappa shape index (κ1) is 17.3. The highest BCUT2D eigenvalue weighted by Gasteiger charge is 2.30. The molecule has 8 nitrogen and oxygen atoms in total. The van der Waals surface area contributed by atoms with Crippen LogP contribution in [0.4, 0.5) is 10.5 Å². The predicted octanol–water partition coefficient (Wildman–Crippen LogP) is 2.16. The summed E-state index contributed by atoms with van der Waals surface area (Å²) in [5, 5.41) is 9.67. The number of carbonyl (C=O) groups is 3. The standard InChI is InChI=1S/C19H21N5O3/c1-12(14-6-7-14)24-11-16(8-21-24)22-18(26)15-4-2-13(3-5-15)10-23-17(25)9-20-19(23)27/h2-5,8,11-12,14H,6-7,9-10H2,1H3,(H,20,27)(H,22,26). The van der Waals surface area contributed by atoms with Gasteiger partial charge in [0.1, 0.15) is 0 Å². The molecule has 1 saturated heterocycles. The summed E-state index contributed by atoms with van der Waals surface area (Å²) in [6.07, 6.45) is 5.98. The molecular weight excluding hydrogens is 346 g/mol. The van der Waals surface area contributed by atoms with E-state index in [2.05, 4.69) is 22.7 Å². The number of benzene rings is 1. The van der Waals surface area contributed by atoms with Crippen LogP contribution in [-0.2, 0) is 11.3 Å². The fourth-order valence-electron chi connectivity index (χ4n) is 3.18. The molecule has 1 aliphatic carbocycles. The minimum atomic E-state index is -0.390. The number of urea groups is 1. The Morgan fingerprint density at radius 1 is 1.30 bits per heavy atom. The monoisotopic (exact) mass is 367 g/mol. The average Bonchev–Trinajstić information content (AvgIpc) is 3.35. The number of aromatic nitrogens is 2. The van der Waals surface area contributed by atoms with Gasteiger partial charge in [0.2, 0.25) is 5.91 Å². The number of nitrogens with zero attached hydrogens (tertiary/aromatic N) is 3. The van der Waals surface area contributed by atoms with Crippen molar-refractivity contribution >= 4 is 23.5 Å². The van der Waals surface area contributed by atoms with Gasteiger partial charge in [0.05, 0.1) is 31.0 Å². The summed E-state index contributed by atoms with van der Waals surface area (Å²) in [6.45, 7) is 2.37. The zero-order valence-electron chi connectivity index (χ0n) is 15.0. The van der Waals surface area contributed by atoms with E-state index >= 15 is 0 Å². The van der Waals surface area contributed by atoms with Crippen molar-refractivity contribution in [1.29, 1.82) is 0 Å². The molecule has 0 bridgehead atoms. The van der Waals surface area contributed by atoms with Crippen LogP contribution < -0.4 is 10.6 Å². The Balaban J connectivity index is 1.37. The highest BCUT2D eigenvalue weighted by atomic mass is 16.2. The molecule has 2 aliphatic rings. The Kier molecular flexibility index (Phi) is 4.39. The Hall–Kier alpha value is -3.16. The highest BCUT2D eigenvalue weighted by Crippen LogP contribution is 2.39.